The van der Waals surface area contributed by atoms with Gasteiger partial charge >= 0.3 is 5.97 Å². The molecule has 1 heterocycles. The Kier molecular flexibility index (Phi) is 5.54. The summed E-state index contributed by atoms with van der Waals surface area (Å²) >= 11 is 5.83. The molecule has 24 heavy (non-hydrogen) atoms. The number of nitro benzene ring substituents is 1. The Morgan fingerprint density at radius 2 is 2.12 bits per heavy atom. The number of benzene rings is 1. The molecule has 126 valence electrons. The van der Waals surface area contributed by atoms with Crippen LogP contribution in [0.15, 0.2) is 41.0 Å². The first kappa shape index (κ1) is 17.5. The van der Waals surface area contributed by atoms with E-state index in [0.717, 1.165) is 12.1 Å². The number of carbonyl (C=O) groups is 2. The molecule has 2 aromatic rings. The van der Waals surface area contributed by atoms with Gasteiger partial charge in [0.2, 0.25) is 0 Å². The van der Waals surface area contributed by atoms with Gasteiger partial charge < -0.3 is 14.1 Å². The molecule has 1 aromatic heterocycles. The van der Waals surface area contributed by atoms with Crippen LogP contribution in [-0.2, 0) is 16.1 Å². The molecule has 0 N–H and O–H groups in total. The number of nitrogens with zero attached hydrogens (tertiary/aromatic N) is 2. The van der Waals surface area contributed by atoms with Crippen LogP contribution in [-0.4, -0.2) is 35.4 Å². The van der Waals surface area contributed by atoms with Crippen molar-refractivity contribution >= 4 is 29.2 Å². The lowest BCUT2D eigenvalue weighted by Gasteiger charge is -2.15. The summed E-state index contributed by atoms with van der Waals surface area (Å²) in [5, 5.41) is 10.5. The van der Waals surface area contributed by atoms with E-state index in [1.54, 1.807) is 12.1 Å². The Hall–Kier alpha value is -2.87. The number of amides is 1. The molecule has 0 aliphatic carbocycles. The van der Waals surface area contributed by atoms with Crippen LogP contribution in [0.4, 0.5) is 5.69 Å². The molecular weight excluding hydrogens is 340 g/mol. The minimum Gasteiger partial charge on any atom is -0.467 e. The summed E-state index contributed by atoms with van der Waals surface area (Å²) in [5.74, 6) is -0.678. The van der Waals surface area contributed by atoms with E-state index in [-0.39, 0.29) is 22.8 Å². The van der Waals surface area contributed by atoms with Crippen molar-refractivity contribution in [3.8, 4) is 0 Å². The molecule has 0 radical (unpaired) electrons. The normalized spacial score (nSPS) is 10.2. The van der Waals surface area contributed by atoms with Crippen molar-refractivity contribution in [3.05, 3.63) is 63.1 Å². The van der Waals surface area contributed by atoms with Gasteiger partial charge in [-0.15, -0.1) is 0 Å². The Bertz CT molecular complexity index is 759. The summed E-state index contributed by atoms with van der Waals surface area (Å²) in [5.41, 5.74) is -0.297. The maximum atomic E-state index is 11.9. The number of esters is 1. The molecule has 8 nitrogen and oxygen atoms in total. The van der Waals surface area contributed by atoms with Crippen LogP contribution >= 0.6 is 11.6 Å². The fourth-order valence-electron chi connectivity index (χ4n) is 1.82. The van der Waals surface area contributed by atoms with Crippen molar-refractivity contribution in [2.24, 2.45) is 0 Å². The zero-order valence-electron chi connectivity index (χ0n) is 12.6. The smallest absolute Gasteiger partial charge is 0.340 e. The highest BCUT2D eigenvalue weighted by Gasteiger charge is 2.18. The molecule has 0 fully saturated rings. The summed E-state index contributed by atoms with van der Waals surface area (Å²) in [6.07, 6.45) is 1.49. The molecule has 1 amide bonds. The lowest BCUT2D eigenvalue weighted by molar-refractivity contribution is -0.384. The van der Waals surface area contributed by atoms with E-state index < -0.39 is 23.4 Å². The highest BCUT2D eigenvalue weighted by atomic mass is 35.5. The first-order valence-corrected chi connectivity index (χ1v) is 7.13. The number of likely N-dealkylation sites (N-methyl/N-ethyl adjacent to an activating group) is 1. The van der Waals surface area contributed by atoms with E-state index in [1.165, 1.54) is 24.3 Å². The van der Waals surface area contributed by atoms with E-state index in [4.69, 9.17) is 20.8 Å². The maximum Gasteiger partial charge on any atom is 0.340 e. The van der Waals surface area contributed by atoms with Crippen molar-refractivity contribution in [1.29, 1.82) is 0 Å². The van der Waals surface area contributed by atoms with Gasteiger partial charge in [0, 0.05) is 19.2 Å². The largest absolute Gasteiger partial charge is 0.467 e. The van der Waals surface area contributed by atoms with Crippen molar-refractivity contribution < 1.29 is 23.7 Å². The number of hydrogen-bond donors (Lipinski definition) is 0. The predicted octanol–water partition coefficient (Wildman–Crippen LogP) is 2.66. The third-order valence-corrected chi connectivity index (χ3v) is 3.42. The number of hydrogen-bond acceptors (Lipinski definition) is 6. The van der Waals surface area contributed by atoms with Gasteiger partial charge in [0.1, 0.15) is 5.76 Å². The standard InChI is InChI=1S/C15H13ClN2O6/c1-17(8-11-3-2-6-23-11)14(19)9-24-15(20)12-5-4-10(18(21)22)7-13(12)16/h2-7H,8-9H2,1H3. The second-order valence-corrected chi connectivity index (χ2v) is 5.23. The number of furan rings is 1. The molecule has 0 unspecified atom stereocenters. The molecular formula is C15H13ClN2O6. The molecule has 0 aliphatic rings. The monoisotopic (exact) mass is 352 g/mol. The Morgan fingerprint density at radius 1 is 1.38 bits per heavy atom. The van der Waals surface area contributed by atoms with E-state index in [9.17, 15) is 19.7 Å². The van der Waals surface area contributed by atoms with Gasteiger partial charge in [-0.2, -0.15) is 0 Å². The average molecular weight is 353 g/mol. The number of rotatable bonds is 6. The summed E-state index contributed by atoms with van der Waals surface area (Å²) in [4.78, 5) is 35.2. The highest BCUT2D eigenvalue weighted by molar-refractivity contribution is 6.33. The second-order valence-electron chi connectivity index (χ2n) is 4.83. The minimum absolute atomic E-state index is 0.0521. The topological polar surface area (TPSA) is 103 Å². The van der Waals surface area contributed by atoms with Crippen molar-refractivity contribution in [2.75, 3.05) is 13.7 Å². The Morgan fingerprint density at radius 3 is 2.71 bits per heavy atom. The van der Waals surface area contributed by atoms with Crippen LogP contribution in [0.2, 0.25) is 5.02 Å². The van der Waals surface area contributed by atoms with Crippen molar-refractivity contribution in [1.82, 2.24) is 4.90 Å². The third kappa shape index (κ3) is 4.32. The molecule has 0 atom stereocenters. The summed E-state index contributed by atoms with van der Waals surface area (Å²) in [6.45, 7) is -0.245. The molecule has 0 saturated heterocycles. The lowest BCUT2D eigenvalue weighted by atomic mass is 10.2. The zero-order chi connectivity index (χ0) is 17.7. The van der Waals surface area contributed by atoms with Gasteiger partial charge in [0.05, 0.1) is 28.3 Å². The zero-order valence-corrected chi connectivity index (χ0v) is 13.4. The van der Waals surface area contributed by atoms with Gasteiger partial charge in [0.15, 0.2) is 6.61 Å². The minimum atomic E-state index is -0.838. The lowest BCUT2D eigenvalue weighted by Crippen LogP contribution is -2.30. The molecule has 0 spiro atoms. The maximum absolute atomic E-state index is 11.9. The second kappa shape index (κ2) is 7.60. The molecule has 0 bridgehead atoms. The van der Waals surface area contributed by atoms with Crippen LogP contribution in [0.1, 0.15) is 16.1 Å². The summed E-state index contributed by atoms with van der Waals surface area (Å²) in [6, 6.07) is 6.77. The highest BCUT2D eigenvalue weighted by Crippen LogP contribution is 2.23. The Balaban J connectivity index is 1.92. The summed E-state index contributed by atoms with van der Waals surface area (Å²) in [7, 11) is 1.54. The molecule has 9 heteroatoms. The third-order valence-electron chi connectivity index (χ3n) is 3.11. The van der Waals surface area contributed by atoms with Gasteiger partial charge in [-0.1, -0.05) is 11.6 Å². The van der Waals surface area contributed by atoms with Crippen molar-refractivity contribution in [3.63, 3.8) is 0 Å². The fourth-order valence-corrected chi connectivity index (χ4v) is 2.07. The van der Waals surface area contributed by atoms with Gasteiger partial charge in [-0.3, -0.25) is 14.9 Å². The molecule has 1 aromatic carbocycles. The SMILES string of the molecule is CN(Cc1ccco1)C(=O)COC(=O)c1ccc([N+](=O)[O-])cc1Cl. The predicted molar refractivity (Wildman–Crippen MR) is 83.6 cm³/mol. The Labute approximate surface area is 141 Å². The number of ether oxygens (including phenoxy) is 1. The van der Waals surface area contributed by atoms with Crippen LogP contribution in [0.3, 0.4) is 0 Å². The van der Waals surface area contributed by atoms with Crippen LogP contribution in [0, 0.1) is 10.1 Å². The quantitative estimate of drug-likeness (QED) is 0.450. The summed E-state index contributed by atoms with van der Waals surface area (Å²) < 4.78 is 10.0. The number of nitro groups is 1. The van der Waals surface area contributed by atoms with E-state index in [0.29, 0.717) is 5.76 Å². The van der Waals surface area contributed by atoms with E-state index >= 15 is 0 Å². The van der Waals surface area contributed by atoms with Gasteiger partial charge in [0.25, 0.3) is 11.6 Å². The van der Waals surface area contributed by atoms with Gasteiger partial charge in [-0.05, 0) is 18.2 Å². The first-order chi connectivity index (χ1) is 11.4. The molecule has 2 rings (SSSR count). The van der Waals surface area contributed by atoms with Crippen molar-refractivity contribution in [2.45, 2.75) is 6.54 Å². The number of non-ortho nitro benzene ring substituents is 1. The fraction of sp³-hybridized carbons (Fsp3) is 0.200. The van der Waals surface area contributed by atoms with E-state index in [1.807, 2.05) is 0 Å². The van der Waals surface area contributed by atoms with Crippen LogP contribution in [0.5, 0.6) is 0 Å². The molecule has 0 saturated carbocycles. The average Bonchev–Trinajstić information content (AvgIpc) is 3.04. The van der Waals surface area contributed by atoms with Gasteiger partial charge in [-0.25, -0.2) is 4.79 Å². The van der Waals surface area contributed by atoms with Crippen LogP contribution < -0.4 is 0 Å². The number of halogens is 1. The molecule has 0 aliphatic heterocycles. The van der Waals surface area contributed by atoms with E-state index in [2.05, 4.69) is 0 Å². The first-order valence-electron chi connectivity index (χ1n) is 6.76. The van der Waals surface area contributed by atoms with Crippen LogP contribution in [0.25, 0.3) is 0 Å². The number of carbonyl (C=O) groups excluding carboxylic acids is 2.